The minimum atomic E-state index is -0.126. The monoisotopic (exact) mass is 373 g/mol. The van der Waals surface area contributed by atoms with E-state index >= 15 is 0 Å². The second-order valence-corrected chi connectivity index (χ2v) is 6.98. The van der Waals surface area contributed by atoms with Crippen molar-refractivity contribution in [2.45, 2.75) is 25.9 Å². The molecule has 3 rings (SSSR count). The summed E-state index contributed by atoms with van der Waals surface area (Å²) in [6.45, 7) is 2.52. The van der Waals surface area contributed by atoms with Crippen molar-refractivity contribution in [2.75, 3.05) is 19.8 Å². The van der Waals surface area contributed by atoms with Crippen LogP contribution >= 0.6 is 11.6 Å². The van der Waals surface area contributed by atoms with Gasteiger partial charge in [-0.1, -0.05) is 35.9 Å². The summed E-state index contributed by atoms with van der Waals surface area (Å²) in [5, 5.41) is 3.62. The van der Waals surface area contributed by atoms with Crippen LogP contribution < -0.4 is 10.1 Å². The van der Waals surface area contributed by atoms with E-state index in [2.05, 4.69) is 5.32 Å². The van der Waals surface area contributed by atoms with Crippen LogP contribution in [0.1, 0.15) is 35.2 Å². The standard InChI is InChI=1S/C21H24ClNO3/c22-18-10-8-17(9-11-18)15-26-20-5-2-1-4-19(20)21(24)23-12-3-13-25-14-16-6-7-16/h1-2,4-5,8-11,16H,3,6-7,12-15H2,(H,23,24). The average molecular weight is 374 g/mol. The molecule has 4 nitrogen and oxygen atoms in total. The van der Waals surface area contributed by atoms with E-state index in [1.54, 1.807) is 6.07 Å². The summed E-state index contributed by atoms with van der Waals surface area (Å²) in [4.78, 5) is 12.4. The SMILES string of the molecule is O=C(NCCCOCC1CC1)c1ccccc1OCc1ccc(Cl)cc1. The van der Waals surface area contributed by atoms with Crippen LogP contribution in [-0.4, -0.2) is 25.7 Å². The van der Waals surface area contributed by atoms with Gasteiger partial charge in [0.25, 0.3) is 5.91 Å². The highest BCUT2D eigenvalue weighted by atomic mass is 35.5. The smallest absolute Gasteiger partial charge is 0.255 e. The second kappa shape index (κ2) is 9.60. The Labute approximate surface area is 159 Å². The number of halogens is 1. The quantitative estimate of drug-likeness (QED) is 0.625. The molecule has 1 aliphatic rings. The Morgan fingerprint density at radius 1 is 1.12 bits per heavy atom. The first-order valence-electron chi connectivity index (χ1n) is 9.04. The van der Waals surface area contributed by atoms with Crippen molar-refractivity contribution in [3.05, 3.63) is 64.7 Å². The molecule has 0 saturated heterocycles. The molecule has 1 fully saturated rings. The number of carbonyl (C=O) groups is 1. The lowest BCUT2D eigenvalue weighted by molar-refractivity contribution is 0.0933. The first-order chi connectivity index (χ1) is 12.7. The number of amides is 1. The van der Waals surface area contributed by atoms with Gasteiger partial charge in [-0.05, 0) is 55.0 Å². The molecule has 0 atom stereocenters. The molecular formula is C21H24ClNO3. The van der Waals surface area contributed by atoms with E-state index in [0.29, 0.717) is 36.1 Å². The van der Waals surface area contributed by atoms with Gasteiger partial charge in [0.1, 0.15) is 12.4 Å². The number of carbonyl (C=O) groups excluding carboxylic acids is 1. The van der Waals surface area contributed by atoms with Crippen molar-refractivity contribution < 1.29 is 14.3 Å². The third kappa shape index (κ3) is 6.04. The topological polar surface area (TPSA) is 47.6 Å². The Morgan fingerprint density at radius 3 is 2.65 bits per heavy atom. The molecule has 0 aromatic heterocycles. The number of para-hydroxylation sites is 1. The Hall–Kier alpha value is -2.04. The summed E-state index contributed by atoms with van der Waals surface area (Å²) < 4.78 is 11.4. The fourth-order valence-electron chi connectivity index (χ4n) is 2.53. The van der Waals surface area contributed by atoms with Crippen molar-refractivity contribution in [3.63, 3.8) is 0 Å². The lowest BCUT2D eigenvalue weighted by Gasteiger charge is -2.12. The molecule has 0 aliphatic heterocycles. The molecule has 1 N–H and O–H groups in total. The van der Waals surface area contributed by atoms with Crippen LogP contribution in [-0.2, 0) is 11.3 Å². The summed E-state index contributed by atoms with van der Waals surface area (Å²) in [5.41, 5.74) is 1.54. The van der Waals surface area contributed by atoms with Crippen molar-refractivity contribution in [3.8, 4) is 5.75 Å². The highest BCUT2D eigenvalue weighted by molar-refractivity contribution is 6.30. The Morgan fingerprint density at radius 2 is 1.88 bits per heavy atom. The van der Waals surface area contributed by atoms with Crippen molar-refractivity contribution >= 4 is 17.5 Å². The van der Waals surface area contributed by atoms with Crippen LogP contribution in [0.3, 0.4) is 0 Å². The maximum Gasteiger partial charge on any atom is 0.255 e. The van der Waals surface area contributed by atoms with E-state index in [0.717, 1.165) is 24.5 Å². The molecule has 1 saturated carbocycles. The molecule has 0 unspecified atom stereocenters. The Balaban J connectivity index is 1.45. The van der Waals surface area contributed by atoms with E-state index in [-0.39, 0.29) is 5.91 Å². The summed E-state index contributed by atoms with van der Waals surface area (Å²) in [7, 11) is 0. The third-order valence-corrected chi connectivity index (χ3v) is 4.49. The number of hydrogen-bond donors (Lipinski definition) is 1. The average Bonchev–Trinajstić information content (AvgIpc) is 3.48. The van der Waals surface area contributed by atoms with E-state index in [4.69, 9.17) is 21.1 Å². The van der Waals surface area contributed by atoms with Gasteiger partial charge in [-0.2, -0.15) is 0 Å². The summed E-state index contributed by atoms with van der Waals surface area (Å²) in [6.07, 6.45) is 3.40. The normalized spacial score (nSPS) is 13.4. The van der Waals surface area contributed by atoms with Gasteiger partial charge in [0.2, 0.25) is 0 Å². The lowest BCUT2D eigenvalue weighted by Crippen LogP contribution is -2.25. The van der Waals surface area contributed by atoms with Gasteiger partial charge in [-0.25, -0.2) is 0 Å². The van der Waals surface area contributed by atoms with E-state index in [9.17, 15) is 4.79 Å². The zero-order valence-electron chi connectivity index (χ0n) is 14.7. The van der Waals surface area contributed by atoms with Crippen molar-refractivity contribution in [1.29, 1.82) is 0 Å². The summed E-state index contributed by atoms with van der Waals surface area (Å²) >= 11 is 5.89. The van der Waals surface area contributed by atoms with Crippen LogP contribution in [0.5, 0.6) is 5.75 Å². The molecule has 0 heterocycles. The molecule has 1 aliphatic carbocycles. The van der Waals surface area contributed by atoms with E-state index < -0.39 is 0 Å². The number of rotatable bonds is 10. The maximum absolute atomic E-state index is 12.4. The third-order valence-electron chi connectivity index (χ3n) is 4.24. The number of ether oxygens (including phenoxy) is 2. The van der Waals surface area contributed by atoms with Crippen LogP contribution in [0.4, 0.5) is 0 Å². The molecular weight excluding hydrogens is 350 g/mol. The first kappa shape index (κ1) is 18.7. The van der Waals surface area contributed by atoms with Crippen LogP contribution in [0.2, 0.25) is 5.02 Å². The maximum atomic E-state index is 12.4. The van der Waals surface area contributed by atoms with Gasteiger partial charge in [-0.15, -0.1) is 0 Å². The van der Waals surface area contributed by atoms with Crippen LogP contribution in [0.25, 0.3) is 0 Å². The molecule has 0 bridgehead atoms. The molecule has 0 radical (unpaired) electrons. The molecule has 2 aromatic rings. The van der Waals surface area contributed by atoms with Gasteiger partial charge in [0, 0.05) is 24.8 Å². The van der Waals surface area contributed by atoms with Crippen molar-refractivity contribution in [1.82, 2.24) is 5.32 Å². The van der Waals surface area contributed by atoms with Gasteiger partial charge in [0.15, 0.2) is 0 Å². The predicted octanol–water partition coefficient (Wildman–Crippen LogP) is 4.47. The largest absolute Gasteiger partial charge is 0.488 e. The van der Waals surface area contributed by atoms with Gasteiger partial charge in [0.05, 0.1) is 5.56 Å². The molecule has 2 aromatic carbocycles. The fourth-order valence-corrected chi connectivity index (χ4v) is 2.65. The highest BCUT2D eigenvalue weighted by Gasteiger charge is 2.20. The highest BCUT2D eigenvalue weighted by Crippen LogP contribution is 2.28. The van der Waals surface area contributed by atoms with Gasteiger partial charge in [-0.3, -0.25) is 4.79 Å². The predicted molar refractivity (Wildman–Crippen MR) is 103 cm³/mol. The van der Waals surface area contributed by atoms with Crippen molar-refractivity contribution in [2.24, 2.45) is 5.92 Å². The minimum Gasteiger partial charge on any atom is -0.488 e. The van der Waals surface area contributed by atoms with Gasteiger partial charge < -0.3 is 14.8 Å². The zero-order valence-corrected chi connectivity index (χ0v) is 15.5. The molecule has 26 heavy (non-hydrogen) atoms. The van der Waals surface area contributed by atoms with Crippen LogP contribution in [0.15, 0.2) is 48.5 Å². The van der Waals surface area contributed by atoms with Crippen LogP contribution in [0, 0.1) is 5.92 Å². The minimum absolute atomic E-state index is 0.126. The molecule has 1 amide bonds. The first-order valence-corrected chi connectivity index (χ1v) is 9.42. The number of nitrogens with one attached hydrogen (secondary N) is 1. The van der Waals surface area contributed by atoms with E-state index in [1.807, 2.05) is 42.5 Å². The fraction of sp³-hybridized carbons (Fsp3) is 0.381. The summed E-state index contributed by atoms with van der Waals surface area (Å²) in [6, 6.07) is 14.7. The van der Waals surface area contributed by atoms with E-state index in [1.165, 1.54) is 12.8 Å². The number of benzene rings is 2. The second-order valence-electron chi connectivity index (χ2n) is 6.54. The number of hydrogen-bond acceptors (Lipinski definition) is 3. The zero-order chi connectivity index (χ0) is 18.2. The van der Waals surface area contributed by atoms with Gasteiger partial charge >= 0.3 is 0 Å². The molecule has 138 valence electrons. The molecule has 0 spiro atoms. The molecule has 5 heteroatoms. The Kier molecular flexibility index (Phi) is 6.92. The summed E-state index contributed by atoms with van der Waals surface area (Å²) in [5.74, 6) is 1.22. The lowest BCUT2D eigenvalue weighted by atomic mass is 10.2. The Bertz CT molecular complexity index is 713.